The number of carboxylic acid groups (broad SMARTS) is 1. The van der Waals surface area contributed by atoms with E-state index >= 15 is 0 Å². The van der Waals surface area contributed by atoms with Gasteiger partial charge in [0.05, 0.1) is 6.42 Å². The highest BCUT2D eigenvalue weighted by molar-refractivity contribution is 6.00. The Morgan fingerprint density at radius 3 is 2.79 bits per heavy atom. The van der Waals surface area contributed by atoms with Crippen molar-refractivity contribution in [2.24, 2.45) is 0 Å². The summed E-state index contributed by atoms with van der Waals surface area (Å²) in [7, 11) is 1.77. The third kappa shape index (κ3) is 2.54. The minimum absolute atomic E-state index is 0.0913. The van der Waals surface area contributed by atoms with Crippen molar-refractivity contribution in [3.63, 3.8) is 0 Å². The van der Waals surface area contributed by atoms with Crippen LogP contribution in [0.3, 0.4) is 0 Å². The first-order valence-electron chi connectivity index (χ1n) is 6.18. The molecule has 2 amide bonds. The fourth-order valence-corrected chi connectivity index (χ4v) is 2.29. The fourth-order valence-electron chi connectivity index (χ4n) is 2.29. The highest BCUT2D eigenvalue weighted by Gasteiger charge is 2.27. The smallest absolute Gasteiger partial charge is 0.404 e. The summed E-state index contributed by atoms with van der Waals surface area (Å²) in [5, 5.41) is 11.1. The number of nitrogens with zero attached hydrogens (tertiary/aromatic N) is 1. The molecule has 1 aromatic carbocycles. The summed E-state index contributed by atoms with van der Waals surface area (Å²) in [6.07, 6.45) is -0.605. The number of carbonyl (C=O) groups excluding carboxylic acids is 1. The molecule has 1 heterocycles. The summed E-state index contributed by atoms with van der Waals surface area (Å²) in [4.78, 5) is 23.9. The lowest BCUT2D eigenvalue weighted by molar-refractivity contribution is -0.117. The molecule has 0 aromatic heterocycles. The molecule has 102 valence electrons. The van der Waals surface area contributed by atoms with Crippen LogP contribution in [-0.4, -0.2) is 30.7 Å². The van der Waals surface area contributed by atoms with Crippen LogP contribution in [0.2, 0.25) is 0 Å². The predicted octanol–water partition coefficient (Wildman–Crippen LogP) is 1.75. The maximum absolute atomic E-state index is 11.6. The van der Waals surface area contributed by atoms with Crippen molar-refractivity contribution in [2.75, 3.05) is 18.5 Å². The molecule has 0 radical (unpaired) electrons. The Morgan fingerprint density at radius 2 is 2.16 bits per heavy atom. The zero-order valence-corrected chi connectivity index (χ0v) is 11.4. The SMILES string of the molecule is CN1C(=O)Cc2cc(C(C)(C)CNC(=O)O)ccc21. The number of hydrogen-bond acceptors (Lipinski definition) is 2. The zero-order valence-electron chi connectivity index (χ0n) is 11.4. The maximum atomic E-state index is 11.6. The van der Waals surface area contributed by atoms with Crippen molar-refractivity contribution in [3.05, 3.63) is 29.3 Å². The first-order chi connectivity index (χ1) is 8.81. The van der Waals surface area contributed by atoms with Gasteiger partial charge in [0, 0.05) is 24.7 Å². The van der Waals surface area contributed by atoms with Crippen LogP contribution in [0.25, 0.3) is 0 Å². The number of anilines is 1. The molecule has 2 rings (SSSR count). The van der Waals surface area contributed by atoms with E-state index in [0.717, 1.165) is 16.8 Å². The van der Waals surface area contributed by atoms with E-state index in [1.54, 1.807) is 11.9 Å². The molecule has 0 saturated carbocycles. The molecule has 0 aliphatic carbocycles. The number of rotatable bonds is 3. The summed E-state index contributed by atoms with van der Waals surface area (Å²) < 4.78 is 0. The second-order valence-corrected chi connectivity index (χ2v) is 5.52. The van der Waals surface area contributed by atoms with Gasteiger partial charge in [-0.2, -0.15) is 0 Å². The molecule has 0 saturated heterocycles. The molecule has 0 bridgehead atoms. The number of benzene rings is 1. The Labute approximate surface area is 112 Å². The van der Waals surface area contributed by atoms with E-state index in [9.17, 15) is 9.59 Å². The number of hydrogen-bond donors (Lipinski definition) is 2. The van der Waals surface area contributed by atoms with Gasteiger partial charge in [-0.05, 0) is 17.2 Å². The van der Waals surface area contributed by atoms with Gasteiger partial charge in [-0.15, -0.1) is 0 Å². The number of carbonyl (C=O) groups is 2. The van der Waals surface area contributed by atoms with Crippen LogP contribution in [0.5, 0.6) is 0 Å². The number of amides is 2. The van der Waals surface area contributed by atoms with Crippen molar-refractivity contribution < 1.29 is 14.7 Å². The van der Waals surface area contributed by atoms with Gasteiger partial charge in [0.25, 0.3) is 0 Å². The number of likely N-dealkylation sites (N-methyl/N-ethyl adjacent to an activating group) is 1. The highest BCUT2D eigenvalue weighted by Crippen LogP contribution is 2.32. The molecular formula is C14H18N2O3. The monoisotopic (exact) mass is 262 g/mol. The van der Waals surface area contributed by atoms with Gasteiger partial charge in [-0.3, -0.25) is 4.79 Å². The second kappa shape index (κ2) is 4.57. The molecule has 0 atom stereocenters. The van der Waals surface area contributed by atoms with Crippen LogP contribution in [0, 0.1) is 0 Å². The molecule has 5 heteroatoms. The normalized spacial score (nSPS) is 14.5. The Kier molecular flexibility index (Phi) is 3.22. The zero-order chi connectivity index (χ0) is 14.2. The van der Waals surface area contributed by atoms with Gasteiger partial charge in [0.2, 0.25) is 5.91 Å². The Morgan fingerprint density at radius 1 is 1.47 bits per heavy atom. The first kappa shape index (κ1) is 13.4. The molecule has 5 nitrogen and oxygen atoms in total. The Hall–Kier alpha value is -2.04. The van der Waals surface area contributed by atoms with E-state index in [-0.39, 0.29) is 11.3 Å². The number of fused-ring (bicyclic) bond motifs is 1. The summed E-state index contributed by atoms with van der Waals surface area (Å²) in [5.74, 6) is 0.0913. The molecule has 0 unspecified atom stereocenters. The van der Waals surface area contributed by atoms with Crippen molar-refractivity contribution in [3.8, 4) is 0 Å². The minimum atomic E-state index is -1.02. The molecule has 1 aliphatic heterocycles. The van der Waals surface area contributed by atoms with E-state index in [1.807, 2.05) is 32.0 Å². The molecule has 0 fully saturated rings. The highest BCUT2D eigenvalue weighted by atomic mass is 16.4. The first-order valence-corrected chi connectivity index (χ1v) is 6.18. The van der Waals surface area contributed by atoms with E-state index in [0.29, 0.717) is 13.0 Å². The van der Waals surface area contributed by atoms with Gasteiger partial charge < -0.3 is 15.3 Å². The predicted molar refractivity (Wildman–Crippen MR) is 72.6 cm³/mol. The van der Waals surface area contributed by atoms with E-state index < -0.39 is 6.09 Å². The van der Waals surface area contributed by atoms with Crippen molar-refractivity contribution in [1.82, 2.24) is 5.32 Å². The second-order valence-electron chi connectivity index (χ2n) is 5.52. The lowest BCUT2D eigenvalue weighted by atomic mass is 9.83. The average molecular weight is 262 g/mol. The third-order valence-corrected chi connectivity index (χ3v) is 3.62. The third-order valence-electron chi connectivity index (χ3n) is 3.62. The van der Waals surface area contributed by atoms with E-state index in [1.165, 1.54) is 0 Å². The maximum Gasteiger partial charge on any atom is 0.404 e. The van der Waals surface area contributed by atoms with E-state index in [2.05, 4.69) is 5.32 Å². The fraction of sp³-hybridized carbons (Fsp3) is 0.429. The Balaban J connectivity index is 2.25. The standard InChI is InChI=1S/C14H18N2O3/c1-14(2,8-15-13(18)19)10-4-5-11-9(6-10)7-12(17)16(11)3/h4-6,15H,7-8H2,1-3H3,(H,18,19). The van der Waals surface area contributed by atoms with Gasteiger partial charge in [0.15, 0.2) is 0 Å². The van der Waals surface area contributed by atoms with Crippen LogP contribution in [0.15, 0.2) is 18.2 Å². The number of nitrogens with one attached hydrogen (secondary N) is 1. The van der Waals surface area contributed by atoms with Crippen molar-refractivity contribution in [1.29, 1.82) is 0 Å². The molecule has 1 aromatic rings. The van der Waals surface area contributed by atoms with Gasteiger partial charge in [-0.1, -0.05) is 26.0 Å². The largest absolute Gasteiger partial charge is 0.465 e. The lowest BCUT2D eigenvalue weighted by Gasteiger charge is -2.25. The minimum Gasteiger partial charge on any atom is -0.465 e. The molecule has 2 N–H and O–H groups in total. The quantitative estimate of drug-likeness (QED) is 0.872. The van der Waals surface area contributed by atoms with Crippen LogP contribution in [-0.2, 0) is 16.6 Å². The van der Waals surface area contributed by atoms with Crippen LogP contribution >= 0.6 is 0 Å². The van der Waals surface area contributed by atoms with Gasteiger partial charge in [0.1, 0.15) is 0 Å². The van der Waals surface area contributed by atoms with Crippen molar-refractivity contribution >= 4 is 17.7 Å². The summed E-state index contributed by atoms with van der Waals surface area (Å²) >= 11 is 0. The molecular weight excluding hydrogens is 244 g/mol. The van der Waals surface area contributed by atoms with Crippen LogP contribution < -0.4 is 10.2 Å². The topological polar surface area (TPSA) is 69.6 Å². The van der Waals surface area contributed by atoms with Gasteiger partial charge >= 0.3 is 6.09 Å². The lowest BCUT2D eigenvalue weighted by Crippen LogP contribution is -2.35. The van der Waals surface area contributed by atoms with Gasteiger partial charge in [-0.25, -0.2) is 4.79 Å². The summed E-state index contributed by atoms with van der Waals surface area (Å²) in [6, 6.07) is 5.88. The summed E-state index contributed by atoms with van der Waals surface area (Å²) in [5.41, 5.74) is 2.67. The molecule has 0 spiro atoms. The van der Waals surface area contributed by atoms with Crippen LogP contribution in [0.1, 0.15) is 25.0 Å². The Bertz CT molecular complexity index is 537. The summed E-state index contributed by atoms with van der Waals surface area (Å²) in [6.45, 7) is 4.29. The molecule has 19 heavy (non-hydrogen) atoms. The van der Waals surface area contributed by atoms with Crippen molar-refractivity contribution in [2.45, 2.75) is 25.7 Å². The molecule has 1 aliphatic rings. The van der Waals surface area contributed by atoms with E-state index in [4.69, 9.17) is 5.11 Å². The van der Waals surface area contributed by atoms with Crippen LogP contribution in [0.4, 0.5) is 10.5 Å². The average Bonchev–Trinajstić information content (AvgIpc) is 2.62.